The summed E-state index contributed by atoms with van der Waals surface area (Å²) in [5, 5.41) is 2.35. The number of hydrogen-bond donors (Lipinski definition) is 1. The van der Waals surface area contributed by atoms with Gasteiger partial charge in [0.2, 0.25) is 11.8 Å². The number of carbonyl (C=O) groups excluding carboxylic acids is 2. The highest BCUT2D eigenvalue weighted by Crippen LogP contribution is 2.30. The number of hydrogen-bond acceptors (Lipinski definition) is 6. The molecule has 1 N–H and O–H groups in total. The van der Waals surface area contributed by atoms with Gasteiger partial charge in [-0.25, -0.2) is 17.2 Å². The highest BCUT2D eigenvalue weighted by molar-refractivity contribution is 7.91. The van der Waals surface area contributed by atoms with Crippen LogP contribution in [0.4, 0.5) is 8.78 Å². The lowest BCUT2D eigenvalue weighted by Gasteiger charge is -2.30. The van der Waals surface area contributed by atoms with Gasteiger partial charge in [0.1, 0.15) is 12.4 Å². The van der Waals surface area contributed by atoms with Gasteiger partial charge in [-0.05, 0) is 62.9 Å². The van der Waals surface area contributed by atoms with Crippen molar-refractivity contribution in [2.75, 3.05) is 26.0 Å². The highest BCUT2D eigenvalue weighted by atomic mass is 32.2. The number of alkyl halides is 2. The van der Waals surface area contributed by atoms with Gasteiger partial charge >= 0.3 is 0 Å². The van der Waals surface area contributed by atoms with Crippen LogP contribution in [-0.2, 0) is 19.4 Å². The number of likely N-dealkylation sites (N-methyl/N-ethyl adjacent to an activating group) is 1. The van der Waals surface area contributed by atoms with Crippen LogP contribution in [0.25, 0.3) is 0 Å². The van der Waals surface area contributed by atoms with Crippen LogP contribution in [0.2, 0.25) is 0 Å². The Hall–Kier alpha value is -2.07. The molecule has 186 valence electrons. The zero-order valence-corrected chi connectivity index (χ0v) is 20.5. The summed E-state index contributed by atoms with van der Waals surface area (Å²) < 4.78 is 55.9. The third-order valence-corrected chi connectivity index (χ3v) is 7.95. The van der Waals surface area contributed by atoms with Crippen LogP contribution >= 0.6 is 0 Å². The molecule has 1 unspecified atom stereocenters. The third-order valence-electron chi connectivity index (χ3n) is 5.82. The average molecular weight is 489 g/mol. The molecule has 33 heavy (non-hydrogen) atoms. The summed E-state index contributed by atoms with van der Waals surface area (Å²) in [5.41, 5.74) is 0.0926. The molecule has 2 rings (SSSR count). The Bertz CT molecular complexity index is 950. The number of sulfone groups is 1. The molecule has 0 aromatic heterocycles. The molecule has 1 heterocycles. The largest absolute Gasteiger partial charge is 0.487 e. The second-order valence-electron chi connectivity index (χ2n) is 9.46. The maximum absolute atomic E-state index is 13.0. The topological polar surface area (TPSA) is 92.8 Å². The minimum absolute atomic E-state index is 0.0584. The number of amides is 2. The lowest BCUT2D eigenvalue weighted by molar-refractivity contribution is -0.137. The van der Waals surface area contributed by atoms with Crippen molar-refractivity contribution in [2.45, 2.75) is 70.2 Å². The van der Waals surface area contributed by atoms with Crippen LogP contribution in [0.15, 0.2) is 23.1 Å². The Kier molecular flexibility index (Phi) is 9.37. The normalized spacial score (nSPS) is 17.5. The maximum Gasteiger partial charge on any atom is 0.272 e. The number of piperidine rings is 1. The molecule has 0 aliphatic carbocycles. The number of nitrogens with one attached hydrogen (secondary N) is 1. The predicted molar refractivity (Wildman–Crippen MR) is 121 cm³/mol. The van der Waals surface area contributed by atoms with E-state index < -0.39 is 28.3 Å². The fraction of sp³-hybridized carbons (Fsp3) is 0.652. The van der Waals surface area contributed by atoms with Crippen molar-refractivity contribution in [1.29, 1.82) is 0 Å². The summed E-state index contributed by atoms with van der Waals surface area (Å²) in [7, 11) is -1.79. The number of carbonyl (C=O) groups is 2. The number of aryl methyl sites for hydroxylation is 1. The molecule has 1 aromatic carbocycles. The predicted octanol–water partition coefficient (Wildman–Crippen LogP) is 3.35. The Morgan fingerprint density at radius 1 is 1.24 bits per heavy atom. The average Bonchev–Trinajstić information content (AvgIpc) is 2.69. The number of imide groups is 1. The molecule has 7 nitrogen and oxygen atoms in total. The zero-order valence-electron chi connectivity index (χ0n) is 19.7. The van der Waals surface area contributed by atoms with E-state index in [4.69, 9.17) is 4.74 Å². The van der Waals surface area contributed by atoms with E-state index in [2.05, 4.69) is 5.32 Å². The molecule has 2 amide bonds. The van der Waals surface area contributed by atoms with E-state index in [1.54, 1.807) is 13.0 Å². The molecule has 0 saturated carbocycles. The van der Waals surface area contributed by atoms with Gasteiger partial charge in [-0.3, -0.25) is 19.8 Å². The van der Waals surface area contributed by atoms with Crippen molar-refractivity contribution in [3.63, 3.8) is 0 Å². The fourth-order valence-corrected chi connectivity index (χ4v) is 5.88. The van der Waals surface area contributed by atoms with Gasteiger partial charge in [0.15, 0.2) is 9.84 Å². The molecule has 1 aliphatic heterocycles. The summed E-state index contributed by atoms with van der Waals surface area (Å²) in [6.45, 7) is 5.32. The first-order valence-corrected chi connectivity index (χ1v) is 12.7. The first kappa shape index (κ1) is 27.2. The van der Waals surface area contributed by atoms with Crippen molar-refractivity contribution in [1.82, 2.24) is 10.2 Å². The molecule has 1 saturated heterocycles. The van der Waals surface area contributed by atoms with Crippen molar-refractivity contribution in [3.8, 4) is 5.75 Å². The second kappa shape index (κ2) is 11.4. The van der Waals surface area contributed by atoms with Crippen LogP contribution in [0.3, 0.4) is 0 Å². The molecule has 0 bridgehead atoms. The quantitative estimate of drug-likeness (QED) is 0.358. The molecule has 1 aliphatic rings. The zero-order chi connectivity index (χ0) is 24.8. The lowest BCUT2D eigenvalue weighted by Crippen LogP contribution is -2.51. The SMILES string of the molecule is Cc1ccc(S(=O)(=O)CC(C)(C)CCCCN(C)C2CCC(=O)NC2=O)cc1OCC(F)F. The minimum Gasteiger partial charge on any atom is -0.487 e. The molecule has 1 atom stereocenters. The molecule has 10 heteroatoms. The maximum atomic E-state index is 13.0. The summed E-state index contributed by atoms with van der Waals surface area (Å²) in [4.78, 5) is 25.2. The van der Waals surface area contributed by atoms with E-state index in [0.29, 0.717) is 31.4 Å². The number of rotatable bonds is 12. The van der Waals surface area contributed by atoms with E-state index in [1.165, 1.54) is 12.1 Å². The Labute approximate surface area is 194 Å². The highest BCUT2D eigenvalue weighted by Gasteiger charge is 2.30. The van der Waals surface area contributed by atoms with E-state index >= 15 is 0 Å². The number of benzene rings is 1. The van der Waals surface area contributed by atoms with E-state index in [9.17, 15) is 26.8 Å². The molecule has 1 fully saturated rings. The van der Waals surface area contributed by atoms with Crippen molar-refractivity contribution in [2.24, 2.45) is 5.41 Å². The Morgan fingerprint density at radius 3 is 2.58 bits per heavy atom. The first-order valence-electron chi connectivity index (χ1n) is 11.1. The summed E-state index contributed by atoms with van der Waals surface area (Å²) in [6, 6.07) is 4.04. The van der Waals surface area contributed by atoms with Gasteiger partial charge < -0.3 is 4.74 Å². The first-order chi connectivity index (χ1) is 15.3. The van der Waals surface area contributed by atoms with Crippen LogP contribution in [0, 0.1) is 12.3 Å². The fourth-order valence-electron chi connectivity index (χ4n) is 3.98. The molecular weight excluding hydrogens is 454 g/mol. The standard InChI is InChI=1S/C23H34F2N2O5S/c1-16-7-8-17(13-19(16)32-14-20(24)25)33(30,31)15-23(2,3)11-5-6-12-27(4)18-9-10-21(28)26-22(18)29/h7-8,13,18,20H,5-6,9-12,14-15H2,1-4H3,(H,26,28,29). The summed E-state index contributed by atoms with van der Waals surface area (Å²) >= 11 is 0. The van der Waals surface area contributed by atoms with Gasteiger partial charge in [-0.15, -0.1) is 0 Å². The van der Waals surface area contributed by atoms with E-state index in [-0.39, 0.29) is 34.3 Å². The van der Waals surface area contributed by atoms with E-state index in [0.717, 1.165) is 12.8 Å². The van der Waals surface area contributed by atoms with Crippen molar-refractivity contribution >= 4 is 21.7 Å². The van der Waals surface area contributed by atoms with Crippen LogP contribution in [0.5, 0.6) is 5.75 Å². The molecule has 0 spiro atoms. The lowest BCUT2D eigenvalue weighted by atomic mass is 9.89. The second-order valence-corrected chi connectivity index (χ2v) is 11.4. The van der Waals surface area contributed by atoms with Gasteiger partial charge in [-0.2, -0.15) is 0 Å². The Balaban J connectivity index is 1.89. The number of unbranched alkanes of at least 4 members (excludes halogenated alkanes) is 1. The Morgan fingerprint density at radius 2 is 1.94 bits per heavy atom. The van der Waals surface area contributed by atoms with Crippen molar-refractivity contribution in [3.05, 3.63) is 23.8 Å². The van der Waals surface area contributed by atoms with Crippen LogP contribution < -0.4 is 10.1 Å². The van der Waals surface area contributed by atoms with Gasteiger partial charge in [0.05, 0.1) is 16.7 Å². The minimum atomic E-state index is -3.64. The molecular formula is C23H34F2N2O5S. The number of nitrogens with zero attached hydrogens (tertiary/aromatic N) is 1. The molecule has 0 radical (unpaired) electrons. The van der Waals surface area contributed by atoms with Crippen LogP contribution in [-0.4, -0.2) is 63.6 Å². The summed E-state index contributed by atoms with van der Waals surface area (Å²) in [5.74, 6) is -0.449. The van der Waals surface area contributed by atoms with Crippen LogP contribution in [0.1, 0.15) is 51.5 Å². The number of ether oxygens (including phenoxy) is 1. The van der Waals surface area contributed by atoms with Gasteiger partial charge in [-0.1, -0.05) is 26.3 Å². The van der Waals surface area contributed by atoms with Gasteiger partial charge in [0, 0.05) is 6.42 Å². The monoisotopic (exact) mass is 488 g/mol. The van der Waals surface area contributed by atoms with Gasteiger partial charge in [0.25, 0.3) is 6.43 Å². The number of halogens is 2. The third kappa shape index (κ3) is 8.33. The molecule has 1 aromatic rings. The summed E-state index contributed by atoms with van der Waals surface area (Å²) in [6.07, 6.45) is 0.419. The smallest absolute Gasteiger partial charge is 0.272 e. The van der Waals surface area contributed by atoms with Crippen molar-refractivity contribution < 1.29 is 31.5 Å². The van der Waals surface area contributed by atoms with E-state index in [1.807, 2.05) is 25.8 Å².